The number of benzene rings is 1. The van der Waals surface area contributed by atoms with Gasteiger partial charge < -0.3 is 14.5 Å². The quantitative estimate of drug-likeness (QED) is 0.772. The van der Waals surface area contributed by atoms with E-state index in [2.05, 4.69) is 70.2 Å². The number of hydrogen-bond acceptors (Lipinski definition) is 5. The van der Waals surface area contributed by atoms with Gasteiger partial charge >= 0.3 is 0 Å². The molecular formula is C20H28N4O. The van der Waals surface area contributed by atoms with Crippen molar-refractivity contribution < 1.29 is 4.74 Å². The van der Waals surface area contributed by atoms with Gasteiger partial charge in [-0.2, -0.15) is 0 Å². The number of nitrogens with zero attached hydrogens (tertiary/aromatic N) is 4. The normalized spacial score (nSPS) is 15.6. The first kappa shape index (κ1) is 17.7. The third kappa shape index (κ3) is 5.18. The molecule has 5 heteroatoms. The monoisotopic (exact) mass is 340 g/mol. The molecule has 2 heterocycles. The summed E-state index contributed by atoms with van der Waals surface area (Å²) in [5, 5.41) is 0. The van der Waals surface area contributed by atoms with Crippen LogP contribution in [0.25, 0.3) is 0 Å². The molecular weight excluding hydrogens is 312 g/mol. The molecule has 0 bridgehead atoms. The molecule has 1 aliphatic heterocycles. The smallest absolute Gasteiger partial charge is 0.123 e. The van der Waals surface area contributed by atoms with Crippen molar-refractivity contribution in [2.45, 2.75) is 6.54 Å². The molecule has 1 aromatic heterocycles. The van der Waals surface area contributed by atoms with Crippen molar-refractivity contribution in [1.29, 1.82) is 0 Å². The first-order chi connectivity index (χ1) is 12.2. The molecule has 0 amide bonds. The summed E-state index contributed by atoms with van der Waals surface area (Å²) in [7, 11) is 4.13. The Hall–Kier alpha value is -2.11. The summed E-state index contributed by atoms with van der Waals surface area (Å²) in [6.07, 6.45) is 3.73. The molecule has 1 aliphatic rings. The van der Waals surface area contributed by atoms with Crippen LogP contribution in [-0.2, 0) is 6.54 Å². The van der Waals surface area contributed by atoms with Gasteiger partial charge in [0.2, 0.25) is 0 Å². The van der Waals surface area contributed by atoms with Gasteiger partial charge in [-0.05, 0) is 32.3 Å². The minimum absolute atomic E-state index is 0.722. The molecule has 3 rings (SSSR count). The Kier molecular flexibility index (Phi) is 6.25. The number of likely N-dealkylation sites (N-methyl/N-ethyl adjacent to an activating group) is 1. The number of pyridine rings is 1. The third-order valence-electron chi connectivity index (χ3n) is 4.56. The molecule has 0 spiro atoms. The molecule has 0 saturated carbocycles. The van der Waals surface area contributed by atoms with E-state index < -0.39 is 0 Å². The van der Waals surface area contributed by atoms with Crippen molar-refractivity contribution in [3.05, 3.63) is 54.4 Å². The highest BCUT2D eigenvalue weighted by atomic mass is 16.5. The lowest BCUT2D eigenvalue weighted by Gasteiger charge is -2.36. The maximum Gasteiger partial charge on any atom is 0.123 e. The van der Waals surface area contributed by atoms with Gasteiger partial charge in [0.05, 0.1) is 0 Å². The largest absolute Gasteiger partial charge is 0.492 e. The van der Waals surface area contributed by atoms with Gasteiger partial charge in [0.25, 0.3) is 0 Å². The fourth-order valence-electron chi connectivity index (χ4n) is 3.07. The summed E-state index contributed by atoms with van der Waals surface area (Å²) in [4.78, 5) is 11.2. The molecule has 0 aliphatic carbocycles. The molecule has 5 nitrogen and oxygen atoms in total. The van der Waals surface area contributed by atoms with Gasteiger partial charge in [0.15, 0.2) is 0 Å². The number of para-hydroxylation sites is 1. The van der Waals surface area contributed by atoms with Crippen LogP contribution in [0.3, 0.4) is 0 Å². The lowest BCUT2D eigenvalue weighted by atomic mass is 10.1. The van der Waals surface area contributed by atoms with Crippen molar-refractivity contribution >= 4 is 5.69 Å². The van der Waals surface area contributed by atoms with Gasteiger partial charge in [-0.3, -0.25) is 9.88 Å². The number of anilines is 1. The van der Waals surface area contributed by atoms with Crippen molar-refractivity contribution in [2.75, 3.05) is 58.3 Å². The van der Waals surface area contributed by atoms with Crippen molar-refractivity contribution in [2.24, 2.45) is 0 Å². The van der Waals surface area contributed by atoms with Crippen LogP contribution in [0.4, 0.5) is 5.69 Å². The number of hydrogen-bond donors (Lipinski definition) is 0. The first-order valence-electron chi connectivity index (χ1n) is 8.95. The number of aromatic nitrogens is 1. The molecule has 1 aromatic carbocycles. The van der Waals surface area contributed by atoms with Crippen LogP contribution in [0.2, 0.25) is 0 Å². The molecule has 0 unspecified atom stereocenters. The van der Waals surface area contributed by atoms with Gasteiger partial charge in [0, 0.05) is 62.9 Å². The Morgan fingerprint density at radius 2 is 1.72 bits per heavy atom. The van der Waals surface area contributed by atoms with Gasteiger partial charge in [0.1, 0.15) is 12.4 Å². The molecule has 0 atom stereocenters. The Balaban J connectivity index is 1.53. The van der Waals surface area contributed by atoms with Crippen molar-refractivity contribution in [1.82, 2.24) is 14.8 Å². The van der Waals surface area contributed by atoms with Crippen LogP contribution in [0.1, 0.15) is 5.56 Å². The van der Waals surface area contributed by atoms with E-state index in [0.29, 0.717) is 0 Å². The van der Waals surface area contributed by atoms with E-state index in [-0.39, 0.29) is 0 Å². The minimum Gasteiger partial charge on any atom is -0.492 e. The van der Waals surface area contributed by atoms with Crippen LogP contribution in [-0.4, -0.2) is 68.2 Å². The third-order valence-corrected chi connectivity index (χ3v) is 4.56. The summed E-state index contributed by atoms with van der Waals surface area (Å²) >= 11 is 0. The average Bonchev–Trinajstić information content (AvgIpc) is 2.64. The molecule has 134 valence electrons. The number of ether oxygens (including phenoxy) is 1. The van der Waals surface area contributed by atoms with Crippen LogP contribution in [0.5, 0.6) is 5.75 Å². The Labute approximate surface area is 150 Å². The second-order valence-electron chi connectivity index (χ2n) is 6.73. The summed E-state index contributed by atoms with van der Waals surface area (Å²) in [6, 6.07) is 12.6. The van der Waals surface area contributed by atoms with Crippen molar-refractivity contribution in [3.8, 4) is 5.75 Å². The standard InChI is InChI=1S/C20H28N4O/c1-22(2)15-16-25-20-6-4-3-5-18(20)17-23-11-13-24(14-12-23)19-7-9-21-10-8-19/h3-10H,11-17H2,1-2H3. The van der Waals surface area contributed by atoms with E-state index >= 15 is 0 Å². The van der Waals surface area contributed by atoms with Gasteiger partial charge in [-0.1, -0.05) is 18.2 Å². The van der Waals surface area contributed by atoms with Crippen LogP contribution < -0.4 is 9.64 Å². The van der Waals surface area contributed by atoms with Crippen LogP contribution >= 0.6 is 0 Å². The predicted molar refractivity (Wildman–Crippen MR) is 102 cm³/mol. The minimum atomic E-state index is 0.722. The highest BCUT2D eigenvalue weighted by Gasteiger charge is 2.18. The molecule has 1 fully saturated rings. The van der Waals surface area contributed by atoms with Crippen LogP contribution in [0.15, 0.2) is 48.8 Å². The Morgan fingerprint density at radius 1 is 1.00 bits per heavy atom. The zero-order valence-electron chi connectivity index (χ0n) is 15.3. The van der Waals surface area contributed by atoms with E-state index in [1.807, 2.05) is 12.4 Å². The summed E-state index contributed by atoms with van der Waals surface area (Å²) in [5.74, 6) is 1.01. The van der Waals surface area contributed by atoms with E-state index in [0.717, 1.165) is 51.6 Å². The number of rotatable bonds is 7. The highest BCUT2D eigenvalue weighted by Crippen LogP contribution is 2.21. The second-order valence-corrected chi connectivity index (χ2v) is 6.73. The average molecular weight is 340 g/mol. The molecule has 0 N–H and O–H groups in total. The predicted octanol–water partition coefficient (Wildman–Crippen LogP) is 2.34. The van der Waals surface area contributed by atoms with E-state index in [1.165, 1.54) is 11.3 Å². The Morgan fingerprint density at radius 3 is 2.44 bits per heavy atom. The highest BCUT2D eigenvalue weighted by molar-refractivity contribution is 5.45. The summed E-state index contributed by atoms with van der Waals surface area (Å²) < 4.78 is 5.99. The van der Waals surface area contributed by atoms with Gasteiger partial charge in [-0.25, -0.2) is 0 Å². The van der Waals surface area contributed by atoms with E-state index in [1.54, 1.807) is 0 Å². The fourth-order valence-corrected chi connectivity index (χ4v) is 3.07. The number of piperazine rings is 1. The first-order valence-corrected chi connectivity index (χ1v) is 8.95. The lowest BCUT2D eigenvalue weighted by Crippen LogP contribution is -2.46. The topological polar surface area (TPSA) is 31.8 Å². The summed E-state index contributed by atoms with van der Waals surface area (Å²) in [6.45, 7) is 6.82. The SMILES string of the molecule is CN(C)CCOc1ccccc1CN1CCN(c2ccncc2)CC1. The zero-order chi connectivity index (χ0) is 17.5. The van der Waals surface area contributed by atoms with Gasteiger partial charge in [-0.15, -0.1) is 0 Å². The second kappa shape index (κ2) is 8.83. The molecule has 0 radical (unpaired) electrons. The fraction of sp³-hybridized carbons (Fsp3) is 0.450. The van der Waals surface area contributed by atoms with Crippen molar-refractivity contribution in [3.63, 3.8) is 0 Å². The summed E-state index contributed by atoms with van der Waals surface area (Å²) in [5.41, 5.74) is 2.54. The molecule has 2 aromatic rings. The zero-order valence-corrected chi connectivity index (χ0v) is 15.3. The maximum atomic E-state index is 5.99. The van der Waals surface area contributed by atoms with E-state index in [4.69, 9.17) is 4.74 Å². The lowest BCUT2D eigenvalue weighted by molar-refractivity contribution is 0.234. The van der Waals surface area contributed by atoms with E-state index in [9.17, 15) is 0 Å². The molecule has 1 saturated heterocycles. The maximum absolute atomic E-state index is 5.99. The Bertz CT molecular complexity index is 639. The molecule has 25 heavy (non-hydrogen) atoms. The van der Waals surface area contributed by atoms with Crippen LogP contribution in [0, 0.1) is 0 Å².